The van der Waals surface area contributed by atoms with Gasteiger partial charge in [-0.2, -0.15) is 0 Å². The average molecular weight is 487 g/mol. The normalized spacial score (nSPS) is 16.6. The maximum atomic E-state index is 14.2. The molecule has 1 aliphatic heterocycles. The Hall–Kier alpha value is -3.37. The summed E-state index contributed by atoms with van der Waals surface area (Å²) < 4.78 is 35.6. The van der Waals surface area contributed by atoms with Crippen molar-refractivity contribution in [1.82, 2.24) is 24.5 Å². The largest absolute Gasteiger partial charge is 0.377 e. The van der Waals surface area contributed by atoms with Gasteiger partial charge in [0.1, 0.15) is 23.8 Å². The lowest BCUT2D eigenvalue weighted by Crippen LogP contribution is -2.55. The van der Waals surface area contributed by atoms with Crippen LogP contribution in [-0.4, -0.2) is 63.2 Å². The average Bonchev–Trinajstić information content (AvgIpc) is 3.22. The number of hydrogen-bond acceptors (Lipinski definition) is 6. The maximum absolute atomic E-state index is 14.2. The molecule has 11 heteroatoms. The molecule has 4 aromatic rings. The quantitative estimate of drug-likeness (QED) is 0.438. The Morgan fingerprint density at radius 2 is 1.94 bits per heavy atom. The van der Waals surface area contributed by atoms with Crippen molar-refractivity contribution in [1.29, 1.82) is 0 Å². The summed E-state index contributed by atoms with van der Waals surface area (Å²) in [6.07, 6.45) is 0. The topological polar surface area (TPSA) is 75.9 Å². The third kappa shape index (κ3) is 3.72. The van der Waals surface area contributed by atoms with E-state index >= 15 is 0 Å². The molecular weight excluding hydrogens is 466 g/mol. The van der Waals surface area contributed by atoms with E-state index < -0.39 is 23.1 Å². The fourth-order valence-electron chi connectivity index (χ4n) is 4.37. The predicted octanol–water partition coefficient (Wildman–Crippen LogP) is 3.71. The Kier molecular flexibility index (Phi) is 5.78. The summed E-state index contributed by atoms with van der Waals surface area (Å²) in [6, 6.07) is 8.44. The number of nitrogens with zero attached hydrogens (tertiary/aromatic N) is 6. The van der Waals surface area contributed by atoms with E-state index in [1.807, 2.05) is 22.3 Å². The molecule has 1 atom stereocenters. The molecule has 5 rings (SSSR count). The molecule has 0 bridgehead atoms. The number of amides is 1. The smallest absolute Gasteiger partial charge is 0.260 e. The molecule has 0 N–H and O–H groups in total. The molecule has 1 amide bonds. The lowest BCUT2D eigenvalue weighted by molar-refractivity contribution is 0.0663. The molecule has 1 saturated heterocycles. The van der Waals surface area contributed by atoms with Gasteiger partial charge in [0.2, 0.25) is 5.95 Å². The van der Waals surface area contributed by atoms with Gasteiger partial charge in [0.25, 0.3) is 5.91 Å². The van der Waals surface area contributed by atoms with Gasteiger partial charge in [-0.05, 0) is 37.3 Å². The number of rotatable bonds is 4. The SMILES string of the molecule is COCc1nnc2c3ccc(Cl)cc3nc(N3CCN(C(=O)c4c(F)cccc4F)C(C)C3)n12. The molecule has 2 aromatic carbocycles. The van der Waals surface area contributed by atoms with Crippen LogP contribution in [0.4, 0.5) is 14.7 Å². The zero-order valence-corrected chi connectivity index (χ0v) is 19.3. The molecule has 2 aromatic heterocycles. The number of benzene rings is 2. The molecule has 3 heterocycles. The number of aromatic nitrogens is 4. The first kappa shape index (κ1) is 22.4. The molecule has 0 spiro atoms. The van der Waals surface area contributed by atoms with E-state index in [1.165, 1.54) is 11.0 Å². The minimum atomic E-state index is -0.872. The number of carbonyl (C=O) groups excluding carboxylic acids is 1. The number of piperazine rings is 1. The fraction of sp³-hybridized carbons (Fsp3) is 0.304. The van der Waals surface area contributed by atoms with Gasteiger partial charge in [0.15, 0.2) is 11.5 Å². The van der Waals surface area contributed by atoms with Crippen molar-refractivity contribution in [2.24, 2.45) is 0 Å². The minimum absolute atomic E-state index is 0.232. The number of ether oxygens (including phenoxy) is 1. The van der Waals surface area contributed by atoms with Crippen LogP contribution in [0.15, 0.2) is 36.4 Å². The molecule has 0 aliphatic carbocycles. The fourth-order valence-corrected chi connectivity index (χ4v) is 4.53. The van der Waals surface area contributed by atoms with Crippen molar-refractivity contribution in [2.75, 3.05) is 31.6 Å². The second kappa shape index (κ2) is 8.77. The van der Waals surface area contributed by atoms with E-state index in [2.05, 4.69) is 10.2 Å². The van der Waals surface area contributed by atoms with Crippen LogP contribution in [-0.2, 0) is 11.3 Å². The number of anilines is 1. The van der Waals surface area contributed by atoms with Gasteiger partial charge in [-0.25, -0.2) is 18.2 Å². The van der Waals surface area contributed by atoms with Gasteiger partial charge < -0.3 is 14.5 Å². The summed E-state index contributed by atoms with van der Waals surface area (Å²) in [5.41, 5.74) is 0.735. The van der Waals surface area contributed by atoms with Crippen molar-refractivity contribution in [3.8, 4) is 0 Å². The lowest BCUT2D eigenvalue weighted by Gasteiger charge is -2.40. The van der Waals surface area contributed by atoms with Crippen LogP contribution in [0.3, 0.4) is 0 Å². The van der Waals surface area contributed by atoms with Crippen LogP contribution in [0.25, 0.3) is 16.6 Å². The first-order valence-corrected chi connectivity index (χ1v) is 11.1. The van der Waals surface area contributed by atoms with Crippen LogP contribution < -0.4 is 4.90 Å². The van der Waals surface area contributed by atoms with E-state index in [4.69, 9.17) is 21.3 Å². The lowest BCUT2D eigenvalue weighted by atomic mass is 10.1. The van der Waals surface area contributed by atoms with Crippen molar-refractivity contribution in [3.63, 3.8) is 0 Å². The highest BCUT2D eigenvalue weighted by molar-refractivity contribution is 6.31. The Morgan fingerprint density at radius 1 is 1.18 bits per heavy atom. The number of fused-ring (bicyclic) bond motifs is 3. The number of methoxy groups -OCH3 is 1. The van der Waals surface area contributed by atoms with Crippen LogP contribution in [0.5, 0.6) is 0 Å². The van der Waals surface area contributed by atoms with Crippen molar-refractivity contribution < 1.29 is 18.3 Å². The zero-order valence-electron chi connectivity index (χ0n) is 18.5. The summed E-state index contributed by atoms with van der Waals surface area (Å²) in [7, 11) is 1.57. The molecular formula is C23H21ClF2N6O2. The highest BCUT2D eigenvalue weighted by atomic mass is 35.5. The molecule has 0 saturated carbocycles. The summed E-state index contributed by atoms with van der Waals surface area (Å²) >= 11 is 6.20. The second-order valence-corrected chi connectivity index (χ2v) is 8.61. The first-order valence-electron chi connectivity index (χ1n) is 10.7. The Balaban J connectivity index is 1.52. The molecule has 1 unspecified atom stereocenters. The summed E-state index contributed by atoms with van der Waals surface area (Å²) in [5, 5.41) is 9.96. The van der Waals surface area contributed by atoms with E-state index in [1.54, 1.807) is 19.2 Å². The maximum Gasteiger partial charge on any atom is 0.260 e. The van der Waals surface area contributed by atoms with Crippen LogP contribution in [0.1, 0.15) is 23.1 Å². The number of halogens is 3. The molecule has 34 heavy (non-hydrogen) atoms. The standard InChI is InChI=1S/C23H21ClF2N6O2/c1-13-11-30(8-9-31(13)22(33)20-16(25)4-3-5-17(20)26)23-27-18-10-14(24)6-7-15(18)21-29-28-19(12-34-2)32(21)23/h3-7,10,13H,8-9,11-12H2,1-2H3. The zero-order chi connectivity index (χ0) is 24.0. The van der Waals surface area contributed by atoms with Gasteiger partial charge in [-0.1, -0.05) is 17.7 Å². The van der Waals surface area contributed by atoms with Gasteiger partial charge in [0.05, 0.1) is 5.52 Å². The highest BCUT2D eigenvalue weighted by Gasteiger charge is 2.33. The van der Waals surface area contributed by atoms with Crippen LogP contribution in [0, 0.1) is 11.6 Å². The third-order valence-electron chi connectivity index (χ3n) is 5.97. The summed E-state index contributed by atoms with van der Waals surface area (Å²) in [4.78, 5) is 21.3. The van der Waals surface area contributed by atoms with E-state index in [0.29, 0.717) is 41.0 Å². The van der Waals surface area contributed by atoms with Crippen molar-refractivity contribution in [2.45, 2.75) is 19.6 Å². The molecule has 176 valence electrons. The van der Waals surface area contributed by atoms with E-state index in [-0.39, 0.29) is 19.2 Å². The highest BCUT2D eigenvalue weighted by Crippen LogP contribution is 2.28. The van der Waals surface area contributed by atoms with Crippen molar-refractivity contribution in [3.05, 3.63) is 64.4 Å². The van der Waals surface area contributed by atoms with E-state index in [9.17, 15) is 13.6 Å². The Labute approximate surface area is 198 Å². The summed E-state index contributed by atoms with van der Waals surface area (Å²) in [5.74, 6) is -1.25. The van der Waals surface area contributed by atoms with Gasteiger partial charge in [0, 0.05) is 43.2 Å². The Morgan fingerprint density at radius 3 is 2.65 bits per heavy atom. The molecule has 1 fully saturated rings. The third-order valence-corrected chi connectivity index (χ3v) is 6.21. The first-order chi connectivity index (χ1) is 16.4. The van der Waals surface area contributed by atoms with Crippen molar-refractivity contribution >= 4 is 40.0 Å². The van der Waals surface area contributed by atoms with Gasteiger partial charge in [-0.3, -0.25) is 4.79 Å². The van der Waals surface area contributed by atoms with Gasteiger partial charge >= 0.3 is 0 Å². The molecule has 1 aliphatic rings. The van der Waals surface area contributed by atoms with Crippen LogP contribution >= 0.6 is 11.6 Å². The molecule has 8 nitrogen and oxygen atoms in total. The number of carbonyl (C=O) groups is 1. The molecule has 0 radical (unpaired) electrons. The number of hydrogen-bond donors (Lipinski definition) is 0. The van der Waals surface area contributed by atoms with Gasteiger partial charge in [-0.15, -0.1) is 10.2 Å². The minimum Gasteiger partial charge on any atom is -0.377 e. The Bertz CT molecular complexity index is 1390. The summed E-state index contributed by atoms with van der Waals surface area (Å²) in [6.45, 7) is 3.10. The van der Waals surface area contributed by atoms with Crippen LogP contribution in [0.2, 0.25) is 5.02 Å². The predicted molar refractivity (Wildman–Crippen MR) is 123 cm³/mol. The second-order valence-electron chi connectivity index (χ2n) is 8.17. The monoisotopic (exact) mass is 486 g/mol. The van der Waals surface area contributed by atoms with E-state index in [0.717, 1.165) is 17.5 Å².